The van der Waals surface area contributed by atoms with Gasteiger partial charge in [0.25, 0.3) is 0 Å². The second-order valence-electron chi connectivity index (χ2n) is 5.26. The minimum atomic E-state index is 0.186. The van der Waals surface area contributed by atoms with E-state index in [1.807, 2.05) is 0 Å². The van der Waals surface area contributed by atoms with Crippen LogP contribution in [0, 0.1) is 0 Å². The first-order chi connectivity index (χ1) is 8.41. The first-order valence-electron chi connectivity index (χ1n) is 5.88. The molecule has 2 rings (SSSR count). The van der Waals surface area contributed by atoms with Crippen LogP contribution in [0.5, 0.6) is 0 Å². The van der Waals surface area contributed by atoms with Gasteiger partial charge in [0.1, 0.15) is 9.61 Å². The molecule has 2 N–H and O–H groups in total. The van der Waals surface area contributed by atoms with E-state index in [1.165, 1.54) is 11.1 Å². The van der Waals surface area contributed by atoms with Crippen molar-refractivity contribution in [3.05, 3.63) is 39.4 Å². The zero-order chi connectivity index (χ0) is 13.3. The average Bonchev–Trinajstić information content (AvgIpc) is 2.70. The molecule has 0 spiro atoms. The van der Waals surface area contributed by atoms with Gasteiger partial charge in [-0.1, -0.05) is 45.0 Å². The van der Waals surface area contributed by atoms with E-state index >= 15 is 0 Å². The number of halogens is 1. The Kier molecular flexibility index (Phi) is 3.90. The van der Waals surface area contributed by atoms with Crippen LogP contribution < -0.4 is 5.73 Å². The molecule has 0 aliphatic heterocycles. The fourth-order valence-corrected chi connectivity index (χ4v) is 3.37. The van der Waals surface area contributed by atoms with Crippen LogP contribution in [-0.2, 0) is 12.0 Å². The topological polar surface area (TPSA) is 38.9 Å². The van der Waals surface area contributed by atoms with Crippen molar-refractivity contribution in [1.82, 2.24) is 4.98 Å². The highest BCUT2D eigenvalue weighted by Crippen LogP contribution is 2.34. The van der Waals surface area contributed by atoms with Crippen LogP contribution in [-0.4, -0.2) is 4.98 Å². The molecule has 1 aromatic carbocycles. The summed E-state index contributed by atoms with van der Waals surface area (Å²) in [5.41, 5.74) is 8.33. The molecule has 0 saturated heterocycles. The predicted molar refractivity (Wildman–Crippen MR) is 81.8 cm³/mol. The normalized spacial score (nSPS) is 11.8. The van der Waals surface area contributed by atoms with E-state index in [-0.39, 0.29) is 5.41 Å². The molecule has 0 saturated carbocycles. The smallest absolute Gasteiger partial charge is 0.125 e. The number of thiazole rings is 1. The van der Waals surface area contributed by atoms with E-state index in [0.717, 1.165) is 14.5 Å². The van der Waals surface area contributed by atoms with E-state index in [4.69, 9.17) is 5.73 Å². The predicted octanol–water partition coefficient (Wildman–Crippen LogP) is 4.33. The van der Waals surface area contributed by atoms with Gasteiger partial charge < -0.3 is 5.73 Å². The van der Waals surface area contributed by atoms with Crippen LogP contribution in [0.4, 0.5) is 0 Å². The van der Waals surface area contributed by atoms with Crippen LogP contribution >= 0.6 is 27.3 Å². The van der Waals surface area contributed by atoms with Gasteiger partial charge >= 0.3 is 0 Å². The van der Waals surface area contributed by atoms with E-state index in [2.05, 4.69) is 66.0 Å². The molecular weight excluding hydrogens is 308 g/mol. The van der Waals surface area contributed by atoms with Crippen molar-refractivity contribution < 1.29 is 0 Å². The minimum Gasteiger partial charge on any atom is -0.325 e. The maximum atomic E-state index is 5.62. The molecule has 0 atom stereocenters. The molecule has 2 aromatic rings. The summed E-state index contributed by atoms with van der Waals surface area (Å²) in [6.07, 6.45) is 0. The monoisotopic (exact) mass is 324 g/mol. The highest BCUT2D eigenvalue weighted by molar-refractivity contribution is 9.10. The van der Waals surface area contributed by atoms with Gasteiger partial charge in [0.2, 0.25) is 0 Å². The molecule has 0 amide bonds. The molecule has 0 unspecified atom stereocenters. The molecule has 18 heavy (non-hydrogen) atoms. The van der Waals surface area contributed by atoms with Gasteiger partial charge in [-0.15, -0.1) is 11.3 Å². The van der Waals surface area contributed by atoms with Gasteiger partial charge in [-0.2, -0.15) is 0 Å². The summed E-state index contributed by atoms with van der Waals surface area (Å²) in [5, 5.41) is 0.955. The molecule has 1 aromatic heterocycles. The molecule has 0 aliphatic rings. The molecule has 0 fully saturated rings. The molecule has 2 nitrogen and oxygen atoms in total. The van der Waals surface area contributed by atoms with Gasteiger partial charge in [-0.05, 0) is 32.5 Å². The summed E-state index contributed by atoms with van der Waals surface area (Å²) in [7, 11) is 0. The number of benzene rings is 1. The zero-order valence-electron chi connectivity index (χ0n) is 10.8. The van der Waals surface area contributed by atoms with E-state index in [0.29, 0.717) is 6.54 Å². The molecule has 96 valence electrons. The summed E-state index contributed by atoms with van der Waals surface area (Å²) >= 11 is 5.14. The lowest BCUT2D eigenvalue weighted by molar-refractivity contribution is 0.590. The van der Waals surface area contributed by atoms with Gasteiger partial charge in [0.05, 0.1) is 4.88 Å². The maximum Gasteiger partial charge on any atom is 0.125 e. The number of nitrogens with two attached hydrogens (primary N) is 1. The number of rotatable bonds is 2. The quantitative estimate of drug-likeness (QED) is 0.892. The Morgan fingerprint density at radius 2 is 1.83 bits per heavy atom. The fraction of sp³-hybridized carbons (Fsp3) is 0.357. The Morgan fingerprint density at radius 3 is 2.28 bits per heavy atom. The molecule has 4 heteroatoms. The number of hydrogen-bond acceptors (Lipinski definition) is 3. The lowest BCUT2D eigenvalue weighted by atomic mass is 9.87. The summed E-state index contributed by atoms with van der Waals surface area (Å²) in [6, 6.07) is 8.67. The van der Waals surface area contributed by atoms with Crippen LogP contribution in [0.3, 0.4) is 0 Å². The number of hydrogen-bond donors (Lipinski definition) is 1. The van der Waals surface area contributed by atoms with Crippen LogP contribution in [0.2, 0.25) is 0 Å². The maximum absolute atomic E-state index is 5.62. The van der Waals surface area contributed by atoms with E-state index in [1.54, 1.807) is 11.3 Å². The largest absolute Gasteiger partial charge is 0.325 e. The Balaban J connectivity index is 2.37. The third-order valence-corrected chi connectivity index (χ3v) is 4.78. The standard InChI is InChI=1S/C14H17BrN2S/c1-14(2,3)10-6-4-9(5-7-10)12-13(15)17-11(8-16)18-12/h4-7H,8,16H2,1-3H3. The second kappa shape index (κ2) is 5.11. The lowest BCUT2D eigenvalue weighted by Gasteiger charge is -2.19. The molecule has 0 aliphatic carbocycles. The molecule has 1 heterocycles. The molecule has 0 bridgehead atoms. The summed E-state index contributed by atoms with van der Waals surface area (Å²) in [4.78, 5) is 5.54. The SMILES string of the molecule is CC(C)(C)c1ccc(-c2sc(CN)nc2Br)cc1. The Labute approximate surface area is 120 Å². The molecular formula is C14H17BrN2S. The van der Waals surface area contributed by atoms with Crippen molar-refractivity contribution in [3.8, 4) is 10.4 Å². The third kappa shape index (κ3) is 2.82. The average molecular weight is 325 g/mol. The number of nitrogens with zero attached hydrogens (tertiary/aromatic N) is 1. The summed E-state index contributed by atoms with van der Waals surface area (Å²) in [5.74, 6) is 0. The third-order valence-electron chi connectivity index (χ3n) is 2.82. The van der Waals surface area contributed by atoms with Gasteiger partial charge in [-0.25, -0.2) is 4.98 Å². The Bertz CT molecular complexity index is 538. The first-order valence-corrected chi connectivity index (χ1v) is 7.49. The van der Waals surface area contributed by atoms with Crippen molar-refractivity contribution in [1.29, 1.82) is 0 Å². The number of aromatic nitrogens is 1. The van der Waals surface area contributed by atoms with Crippen molar-refractivity contribution >= 4 is 27.3 Å². The molecule has 0 radical (unpaired) electrons. The van der Waals surface area contributed by atoms with Crippen molar-refractivity contribution in [2.24, 2.45) is 5.73 Å². The first kappa shape index (κ1) is 13.7. The Morgan fingerprint density at radius 1 is 1.22 bits per heavy atom. The fourth-order valence-electron chi connectivity index (χ4n) is 1.73. The van der Waals surface area contributed by atoms with Crippen LogP contribution in [0.15, 0.2) is 28.9 Å². The highest BCUT2D eigenvalue weighted by Gasteiger charge is 2.15. The Hall–Kier alpha value is -0.710. The van der Waals surface area contributed by atoms with Gasteiger partial charge in [-0.3, -0.25) is 0 Å². The van der Waals surface area contributed by atoms with Crippen LogP contribution in [0.25, 0.3) is 10.4 Å². The van der Waals surface area contributed by atoms with E-state index < -0.39 is 0 Å². The van der Waals surface area contributed by atoms with Crippen molar-refractivity contribution in [2.45, 2.75) is 32.7 Å². The van der Waals surface area contributed by atoms with Gasteiger partial charge in [0.15, 0.2) is 0 Å². The second-order valence-corrected chi connectivity index (χ2v) is 7.09. The summed E-state index contributed by atoms with van der Waals surface area (Å²) in [6.45, 7) is 7.15. The van der Waals surface area contributed by atoms with Crippen LogP contribution in [0.1, 0.15) is 31.3 Å². The minimum absolute atomic E-state index is 0.186. The zero-order valence-corrected chi connectivity index (χ0v) is 13.2. The highest BCUT2D eigenvalue weighted by atomic mass is 79.9. The van der Waals surface area contributed by atoms with Crippen molar-refractivity contribution in [2.75, 3.05) is 0 Å². The summed E-state index contributed by atoms with van der Waals surface area (Å²) < 4.78 is 0.886. The van der Waals surface area contributed by atoms with Crippen molar-refractivity contribution in [3.63, 3.8) is 0 Å². The van der Waals surface area contributed by atoms with Gasteiger partial charge in [0, 0.05) is 6.54 Å². The van der Waals surface area contributed by atoms with E-state index in [9.17, 15) is 0 Å². The lowest BCUT2D eigenvalue weighted by Crippen LogP contribution is -2.10.